The van der Waals surface area contributed by atoms with Crippen LogP contribution < -0.4 is 5.73 Å². The molecule has 0 radical (unpaired) electrons. The average molecular weight is 212 g/mol. The molecule has 90 valence electrons. The van der Waals surface area contributed by atoms with E-state index in [1.807, 2.05) is 0 Å². The van der Waals surface area contributed by atoms with Gasteiger partial charge >= 0.3 is 0 Å². The van der Waals surface area contributed by atoms with Crippen molar-refractivity contribution in [1.29, 1.82) is 0 Å². The Balaban J connectivity index is 2.72. The molecule has 0 bridgehead atoms. The second-order valence-electron chi connectivity index (χ2n) is 5.91. The minimum Gasteiger partial charge on any atom is -0.329 e. The second-order valence-corrected chi connectivity index (χ2v) is 5.91. The molecule has 1 aliphatic rings. The maximum Gasteiger partial charge on any atom is 0.0269 e. The maximum atomic E-state index is 5.97. The highest BCUT2D eigenvalue weighted by molar-refractivity contribution is 4.89. The van der Waals surface area contributed by atoms with Crippen molar-refractivity contribution >= 4 is 0 Å². The first-order valence-electron chi connectivity index (χ1n) is 6.46. The van der Waals surface area contributed by atoms with Gasteiger partial charge in [-0.25, -0.2) is 0 Å². The molecule has 0 aromatic rings. The van der Waals surface area contributed by atoms with Gasteiger partial charge in [-0.05, 0) is 31.2 Å². The Morgan fingerprint density at radius 2 is 2.00 bits per heavy atom. The number of hydrogen-bond donors (Lipinski definition) is 1. The molecule has 0 spiro atoms. The first kappa shape index (κ1) is 13.0. The number of nitrogens with zero attached hydrogens (tertiary/aromatic N) is 1. The predicted octanol–water partition coefficient (Wildman–Crippen LogP) is 2.62. The highest BCUT2D eigenvalue weighted by atomic mass is 15.2. The van der Waals surface area contributed by atoms with Crippen LogP contribution in [0.15, 0.2) is 0 Å². The lowest BCUT2D eigenvalue weighted by molar-refractivity contribution is 0.0369. The monoisotopic (exact) mass is 212 g/mol. The van der Waals surface area contributed by atoms with Crippen LogP contribution in [0.3, 0.4) is 0 Å². The Kier molecular flexibility index (Phi) is 4.60. The SMILES string of the molecule is CCC1CCCCN1C(CN)C(C)(C)C. The molecular formula is C13H28N2. The Morgan fingerprint density at radius 1 is 1.33 bits per heavy atom. The molecule has 2 N–H and O–H groups in total. The van der Waals surface area contributed by atoms with Crippen LogP contribution >= 0.6 is 0 Å². The average Bonchev–Trinajstić information content (AvgIpc) is 2.17. The third kappa shape index (κ3) is 3.18. The normalized spacial score (nSPS) is 26.6. The summed E-state index contributed by atoms with van der Waals surface area (Å²) < 4.78 is 0. The molecule has 0 amide bonds. The minimum atomic E-state index is 0.305. The molecular weight excluding hydrogens is 184 g/mol. The molecule has 0 aromatic carbocycles. The van der Waals surface area contributed by atoms with E-state index < -0.39 is 0 Å². The van der Waals surface area contributed by atoms with E-state index in [-0.39, 0.29) is 0 Å². The van der Waals surface area contributed by atoms with Gasteiger partial charge in [0, 0.05) is 18.6 Å². The van der Waals surface area contributed by atoms with Gasteiger partial charge < -0.3 is 5.73 Å². The van der Waals surface area contributed by atoms with Gasteiger partial charge in [-0.15, -0.1) is 0 Å². The van der Waals surface area contributed by atoms with Crippen molar-refractivity contribution < 1.29 is 0 Å². The Bertz CT molecular complexity index is 183. The van der Waals surface area contributed by atoms with Gasteiger partial charge in [0.15, 0.2) is 0 Å². The molecule has 1 aliphatic heterocycles. The largest absolute Gasteiger partial charge is 0.329 e. The molecule has 2 unspecified atom stereocenters. The molecule has 15 heavy (non-hydrogen) atoms. The van der Waals surface area contributed by atoms with Crippen molar-refractivity contribution in [3.05, 3.63) is 0 Å². The van der Waals surface area contributed by atoms with Crippen LogP contribution in [0.2, 0.25) is 0 Å². The number of piperidine rings is 1. The van der Waals surface area contributed by atoms with Crippen molar-refractivity contribution in [1.82, 2.24) is 4.90 Å². The summed E-state index contributed by atoms with van der Waals surface area (Å²) in [6, 6.07) is 1.31. The molecule has 0 saturated carbocycles. The van der Waals surface area contributed by atoms with Crippen LogP contribution in [-0.2, 0) is 0 Å². The third-order valence-electron chi connectivity index (χ3n) is 3.77. The van der Waals surface area contributed by atoms with Crippen LogP contribution in [0.4, 0.5) is 0 Å². The van der Waals surface area contributed by atoms with E-state index in [0.717, 1.165) is 12.6 Å². The third-order valence-corrected chi connectivity index (χ3v) is 3.77. The lowest BCUT2D eigenvalue weighted by atomic mass is 9.83. The van der Waals surface area contributed by atoms with Crippen molar-refractivity contribution in [3.63, 3.8) is 0 Å². The van der Waals surface area contributed by atoms with Crippen LogP contribution in [0.5, 0.6) is 0 Å². The fourth-order valence-electron chi connectivity index (χ4n) is 2.86. The molecule has 1 fully saturated rings. The highest BCUT2D eigenvalue weighted by Crippen LogP contribution is 2.30. The van der Waals surface area contributed by atoms with Gasteiger partial charge in [-0.1, -0.05) is 34.1 Å². The molecule has 0 aromatic heterocycles. The van der Waals surface area contributed by atoms with E-state index in [1.54, 1.807) is 0 Å². The van der Waals surface area contributed by atoms with Crippen LogP contribution in [-0.4, -0.2) is 30.1 Å². The molecule has 1 saturated heterocycles. The summed E-state index contributed by atoms with van der Waals surface area (Å²) >= 11 is 0. The van der Waals surface area contributed by atoms with E-state index >= 15 is 0 Å². The van der Waals surface area contributed by atoms with E-state index in [4.69, 9.17) is 5.73 Å². The lowest BCUT2D eigenvalue weighted by Crippen LogP contribution is -2.54. The van der Waals surface area contributed by atoms with Gasteiger partial charge in [-0.3, -0.25) is 4.90 Å². The van der Waals surface area contributed by atoms with Gasteiger partial charge in [-0.2, -0.15) is 0 Å². The van der Waals surface area contributed by atoms with Crippen LogP contribution in [0.1, 0.15) is 53.4 Å². The van der Waals surface area contributed by atoms with Crippen molar-refractivity contribution in [2.24, 2.45) is 11.1 Å². The molecule has 0 aliphatic carbocycles. The first-order chi connectivity index (χ1) is 7.00. The second kappa shape index (κ2) is 5.31. The first-order valence-corrected chi connectivity index (χ1v) is 6.46. The maximum absolute atomic E-state index is 5.97. The Hall–Kier alpha value is -0.0800. The topological polar surface area (TPSA) is 29.3 Å². The van der Waals surface area contributed by atoms with Gasteiger partial charge in [0.1, 0.15) is 0 Å². The summed E-state index contributed by atoms with van der Waals surface area (Å²) in [7, 11) is 0. The molecule has 2 atom stereocenters. The summed E-state index contributed by atoms with van der Waals surface area (Å²) in [6.07, 6.45) is 5.38. The highest BCUT2D eigenvalue weighted by Gasteiger charge is 2.33. The zero-order chi connectivity index (χ0) is 11.5. The summed E-state index contributed by atoms with van der Waals surface area (Å²) in [6.45, 7) is 11.3. The summed E-state index contributed by atoms with van der Waals surface area (Å²) in [4.78, 5) is 2.67. The molecule has 1 rings (SSSR count). The van der Waals surface area contributed by atoms with Crippen molar-refractivity contribution in [2.75, 3.05) is 13.1 Å². The number of nitrogens with two attached hydrogens (primary N) is 1. The minimum absolute atomic E-state index is 0.305. The fraction of sp³-hybridized carbons (Fsp3) is 1.00. The zero-order valence-corrected chi connectivity index (χ0v) is 10.9. The fourth-order valence-corrected chi connectivity index (χ4v) is 2.86. The summed E-state index contributed by atoms with van der Waals surface area (Å²) in [5, 5.41) is 0. The predicted molar refractivity (Wildman–Crippen MR) is 66.9 cm³/mol. The van der Waals surface area contributed by atoms with Crippen LogP contribution in [0, 0.1) is 5.41 Å². The van der Waals surface area contributed by atoms with Gasteiger partial charge in [0.25, 0.3) is 0 Å². The van der Waals surface area contributed by atoms with Crippen molar-refractivity contribution in [2.45, 2.75) is 65.5 Å². The van der Waals surface area contributed by atoms with E-state index in [9.17, 15) is 0 Å². The molecule has 2 heteroatoms. The summed E-state index contributed by atoms with van der Waals surface area (Å²) in [5.41, 5.74) is 6.27. The quantitative estimate of drug-likeness (QED) is 0.779. The summed E-state index contributed by atoms with van der Waals surface area (Å²) in [5.74, 6) is 0. The molecule has 1 heterocycles. The van der Waals surface area contributed by atoms with Gasteiger partial charge in [0.2, 0.25) is 0 Å². The Morgan fingerprint density at radius 3 is 2.47 bits per heavy atom. The standard InChI is InChI=1S/C13H28N2/c1-5-11-8-6-7-9-15(11)12(10-14)13(2,3)4/h11-12H,5-10,14H2,1-4H3. The number of rotatable bonds is 3. The van der Waals surface area contributed by atoms with E-state index in [0.29, 0.717) is 11.5 Å². The van der Waals surface area contributed by atoms with E-state index in [2.05, 4.69) is 32.6 Å². The number of hydrogen-bond acceptors (Lipinski definition) is 2. The smallest absolute Gasteiger partial charge is 0.0269 e. The number of likely N-dealkylation sites (tertiary alicyclic amines) is 1. The van der Waals surface area contributed by atoms with E-state index in [1.165, 1.54) is 32.2 Å². The molecule has 2 nitrogen and oxygen atoms in total. The van der Waals surface area contributed by atoms with Crippen LogP contribution in [0.25, 0.3) is 0 Å². The zero-order valence-electron chi connectivity index (χ0n) is 10.9. The van der Waals surface area contributed by atoms with Crippen molar-refractivity contribution in [3.8, 4) is 0 Å². The van der Waals surface area contributed by atoms with Gasteiger partial charge in [0.05, 0.1) is 0 Å². The lowest BCUT2D eigenvalue weighted by Gasteiger charge is -2.46. The Labute approximate surface area is 95.2 Å².